The molecule has 0 aromatic heterocycles. The molecule has 0 aliphatic carbocycles. The van der Waals surface area contributed by atoms with E-state index in [1.807, 2.05) is 0 Å². The lowest BCUT2D eigenvalue weighted by Gasteiger charge is -2.08. The number of halogens is 2. The Hall–Kier alpha value is -2.05. The molecule has 5 nitrogen and oxygen atoms in total. The number of hydrogen-bond donors (Lipinski definition) is 0. The number of methoxy groups -OCH3 is 1. The van der Waals surface area contributed by atoms with Crippen molar-refractivity contribution in [3.8, 4) is 11.5 Å². The summed E-state index contributed by atoms with van der Waals surface area (Å²) in [6.07, 6.45) is 0. The molecule has 0 fully saturated rings. The van der Waals surface area contributed by atoms with Gasteiger partial charge in [-0.25, -0.2) is 9.59 Å². The smallest absolute Gasteiger partial charge is 0.349 e. The van der Waals surface area contributed by atoms with Crippen LogP contribution in [-0.2, 0) is 9.53 Å². The van der Waals surface area contributed by atoms with E-state index in [0.29, 0.717) is 22.1 Å². The van der Waals surface area contributed by atoms with Crippen LogP contribution in [0.25, 0.3) is 0 Å². The van der Waals surface area contributed by atoms with Crippen molar-refractivity contribution in [2.24, 2.45) is 0 Å². The average Bonchev–Trinajstić information content (AvgIpc) is 2.54. The second kappa shape index (κ2) is 7.99. The van der Waals surface area contributed by atoms with Crippen molar-refractivity contribution in [2.45, 2.75) is 0 Å². The van der Waals surface area contributed by atoms with E-state index in [9.17, 15) is 9.59 Å². The summed E-state index contributed by atoms with van der Waals surface area (Å²) in [5, 5.41) is 0.384. The van der Waals surface area contributed by atoms with Gasteiger partial charge in [-0.2, -0.15) is 0 Å². The molecular formula is C16H12BrClO5. The number of hydrogen-bond acceptors (Lipinski definition) is 5. The molecule has 0 saturated heterocycles. The van der Waals surface area contributed by atoms with Crippen molar-refractivity contribution in [3.05, 3.63) is 57.5 Å². The molecule has 0 saturated carbocycles. The number of carbonyl (C=O) groups is 2. The van der Waals surface area contributed by atoms with E-state index in [2.05, 4.69) is 20.7 Å². The van der Waals surface area contributed by atoms with Gasteiger partial charge < -0.3 is 14.2 Å². The van der Waals surface area contributed by atoms with Crippen molar-refractivity contribution < 1.29 is 23.8 Å². The van der Waals surface area contributed by atoms with Crippen LogP contribution in [0.15, 0.2) is 46.9 Å². The maximum absolute atomic E-state index is 11.7. The fraction of sp³-hybridized carbons (Fsp3) is 0.125. The molecule has 0 amide bonds. The van der Waals surface area contributed by atoms with Crippen molar-refractivity contribution >= 4 is 39.5 Å². The Balaban J connectivity index is 1.90. The summed E-state index contributed by atoms with van der Waals surface area (Å²) in [4.78, 5) is 23.0. The van der Waals surface area contributed by atoms with Gasteiger partial charge in [-0.15, -0.1) is 0 Å². The molecule has 0 N–H and O–H groups in total. The average molecular weight is 400 g/mol. The SMILES string of the molecule is COC(=O)c1ccc(OC(=O)COc2ccc(Br)cc2Cl)cc1. The van der Waals surface area contributed by atoms with Gasteiger partial charge in [-0.3, -0.25) is 0 Å². The largest absolute Gasteiger partial charge is 0.480 e. The first-order valence-electron chi connectivity index (χ1n) is 6.46. The number of ether oxygens (including phenoxy) is 3. The molecule has 0 atom stereocenters. The maximum Gasteiger partial charge on any atom is 0.349 e. The van der Waals surface area contributed by atoms with E-state index in [1.54, 1.807) is 18.2 Å². The summed E-state index contributed by atoms with van der Waals surface area (Å²) in [6.45, 7) is -0.292. The first-order valence-corrected chi connectivity index (χ1v) is 7.63. The molecule has 2 aromatic carbocycles. The number of benzene rings is 2. The fourth-order valence-corrected chi connectivity index (χ4v) is 2.39. The highest BCUT2D eigenvalue weighted by Gasteiger charge is 2.10. The molecule has 7 heteroatoms. The van der Waals surface area contributed by atoms with E-state index < -0.39 is 11.9 Å². The molecule has 23 heavy (non-hydrogen) atoms. The summed E-state index contributed by atoms with van der Waals surface area (Å²) >= 11 is 9.26. The van der Waals surface area contributed by atoms with Crippen LogP contribution in [0.5, 0.6) is 11.5 Å². The van der Waals surface area contributed by atoms with E-state index in [1.165, 1.54) is 31.4 Å². The summed E-state index contributed by atoms with van der Waals surface area (Å²) in [5.41, 5.74) is 0.366. The van der Waals surface area contributed by atoms with Crippen molar-refractivity contribution in [1.29, 1.82) is 0 Å². The molecule has 0 radical (unpaired) electrons. The van der Waals surface area contributed by atoms with Crippen molar-refractivity contribution in [3.63, 3.8) is 0 Å². The third-order valence-electron chi connectivity index (χ3n) is 2.75. The molecule has 0 heterocycles. The molecule has 120 valence electrons. The van der Waals surface area contributed by atoms with Crippen LogP contribution in [-0.4, -0.2) is 25.7 Å². The lowest BCUT2D eigenvalue weighted by atomic mass is 10.2. The van der Waals surface area contributed by atoms with Crippen LogP contribution in [0.2, 0.25) is 5.02 Å². The Labute approximate surface area is 146 Å². The van der Waals surface area contributed by atoms with Gasteiger partial charge in [0, 0.05) is 4.47 Å². The molecule has 0 bridgehead atoms. The minimum Gasteiger partial charge on any atom is -0.480 e. The Morgan fingerprint density at radius 2 is 1.83 bits per heavy atom. The minimum absolute atomic E-state index is 0.292. The van der Waals surface area contributed by atoms with Crippen LogP contribution in [0, 0.1) is 0 Å². The van der Waals surface area contributed by atoms with Crippen molar-refractivity contribution in [1.82, 2.24) is 0 Å². The van der Waals surface area contributed by atoms with Gasteiger partial charge in [-0.1, -0.05) is 27.5 Å². The van der Waals surface area contributed by atoms with Gasteiger partial charge in [0.15, 0.2) is 6.61 Å². The van der Waals surface area contributed by atoms with Gasteiger partial charge in [0.05, 0.1) is 17.7 Å². The third kappa shape index (κ3) is 4.97. The van der Waals surface area contributed by atoms with Gasteiger partial charge >= 0.3 is 11.9 Å². The molecule has 0 unspecified atom stereocenters. The van der Waals surface area contributed by atoms with Crippen LogP contribution < -0.4 is 9.47 Å². The highest BCUT2D eigenvalue weighted by molar-refractivity contribution is 9.10. The number of esters is 2. The van der Waals surface area contributed by atoms with E-state index >= 15 is 0 Å². The third-order valence-corrected chi connectivity index (χ3v) is 3.54. The molecule has 0 spiro atoms. The highest BCUT2D eigenvalue weighted by atomic mass is 79.9. The quantitative estimate of drug-likeness (QED) is 0.564. The van der Waals surface area contributed by atoms with E-state index in [4.69, 9.17) is 21.1 Å². The maximum atomic E-state index is 11.7. The second-order valence-electron chi connectivity index (χ2n) is 4.35. The normalized spacial score (nSPS) is 10.0. The predicted molar refractivity (Wildman–Crippen MR) is 88.1 cm³/mol. The fourth-order valence-electron chi connectivity index (χ4n) is 1.67. The first-order chi connectivity index (χ1) is 11.0. The summed E-state index contributed by atoms with van der Waals surface area (Å²) in [5.74, 6) is -0.369. The Morgan fingerprint density at radius 1 is 1.13 bits per heavy atom. The topological polar surface area (TPSA) is 61.8 Å². The Bertz CT molecular complexity index is 715. The van der Waals surface area contributed by atoms with Crippen LogP contribution in [0.3, 0.4) is 0 Å². The van der Waals surface area contributed by atoms with Gasteiger partial charge in [-0.05, 0) is 42.5 Å². The van der Waals surface area contributed by atoms with Crippen molar-refractivity contribution in [2.75, 3.05) is 13.7 Å². The summed E-state index contributed by atoms with van der Waals surface area (Å²) in [6, 6.07) is 11.0. The minimum atomic E-state index is -0.588. The van der Waals surface area contributed by atoms with Gasteiger partial charge in [0.2, 0.25) is 0 Å². The zero-order valence-corrected chi connectivity index (χ0v) is 14.4. The zero-order chi connectivity index (χ0) is 16.8. The van der Waals surface area contributed by atoms with E-state index in [0.717, 1.165) is 4.47 Å². The van der Waals surface area contributed by atoms with Crippen LogP contribution in [0.4, 0.5) is 0 Å². The first kappa shape index (κ1) is 17.3. The summed E-state index contributed by atoms with van der Waals surface area (Å²) < 4.78 is 15.8. The standard InChI is InChI=1S/C16H12BrClO5/c1-21-16(20)10-2-5-12(6-3-10)23-15(19)9-22-14-7-4-11(17)8-13(14)18/h2-8H,9H2,1H3. The molecular weight excluding hydrogens is 388 g/mol. The second-order valence-corrected chi connectivity index (χ2v) is 5.68. The Morgan fingerprint density at radius 3 is 2.43 bits per heavy atom. The van der Waals surface area contributed by atoms with Gasteiger partial charge in [0.1, 0.15) is 11.5 Å². The Kier molecular flexibility index (Phi) is 6.01. The molecule has 2 aromatic rings. The zero-order valence-electron chi connectivity index (χ0n) is 12.0. The lowest BCUT2D eigenvalue weighted by molar-refractivity contribution is -0.136. The summed E-state index contributed by atoms with van der Waals surface area (Å²) in [7, 11) is 1.29. The monoisotopic (exact) mass is 398 g/mol. The number of carbonyl (C=O) groups excluding carboxylic acids is 2. The number of rotatable bonds is 5. The van der Waals surface area contributed by atoms with Gasteiger partial charge in [0.25, 0.3) is 0 Å². The highest BCUT2D eigenvalue weighted by Crippen LogP contribution is 2.27. The van der Waals surface area contributed by atoms with E-state index in [-0.39, 0.29) is 6.61 Å². The molecule has 0 aliphatic rings. The lowest BCUT2D eigenvalue weighted by Crippen LogP contribution is -2.17. The predicted octanol–water partition coefficient (Wildman–Crippen LogP) is 3.87. The molecule has 2 rings (SSSR count). The van der Waals surface area contributed by atoms with Crippen LogP contribution in [0.1, 0.15) is 10.4 Å². The molecule has 0 aliphatic heterocycles. The van der Waals surface area contributed by atoms with Crippen LogP contribution >= 0.6 is 27.5 Å².